The zero-order valence-electron chi connectivity index (χ0n) is 9.66. The van der Waals surface area contributed by atoms with Crippen LogP contribution in [0.1, 0.15) is 18.1 Å². The third-order valence-corrected chi connectivity index (χ3v) is 2.26. The molecular weight excluding hydrogens is 194 g/mol. The van der Waals surface area contributed by atoms with Crippen LogP contribution in [-0.4, -0.2) is 0 Å². The summed E-state index contributed by atoms with van der Waals surface area (Å²) in [6, 6.07) is 8.22. The Hall–Kier alpha value is -2.02. The molecule has 0 fully saturated rings. The van der Waals surface area contributed by atoms with Crippen LogP contribution in [0.4, 0.5) is 0 Å². The monoisotopic (exact) mass is 211 g/mol. The SMILES string of the molecule is C=CNC(=C)/C=C(\C)c1cccc(C=C)c1. The standard InChI is InChI=1S/C15H17N/c1-5-14-8-7-9-15(11-14)12(3)10-13(4)16-6-2/h5-11,16H,1-2,4H2,3H3/b12-10+. The fourth-order valence-corrected chi connectivity index (χ4v) is 1.43. The minimum absolute atomic E-state index is 0.830. The van der Waals surface area contributed by atoms with Gasteiger partial charge >= 0.3 is 0 Å². The van der Waals surface area contributed by atoms with Gasteiger partial charge in [0.15, 0.2) is 0 Å². The first kappa shape index (κ1) is 12.1. The van der Waals surface area contributed by atoms with Crippen molar-refractivity contribution in [2.24, 2.45) is 0 Å². The van der Waals surface area contributed by atoms with Gasteiger partial charge in [-0.3, -0.25) is 0 Å². The summed E-state index contributed by atoms with van der Waals surface area (Å²) in [5.74, 6) is 0. The van der Waals surface area contributed by atoms with E-state index in [1.165, 1.54) is 5.56 Å². The molecule has 0 aliphatic rings. The molecule has 16 heavy (non-hydrogen) atoms. The molecule has 0 atom stereocenters. The summed E-state index contributed by atoms with van der Waals surface area (Å²) < 4.78 is 0. The van der Waals surface area contributed by atoms with Crippen molar-refractivity contribution in [1.29, 1.82) is 0 Å². The zero-order valence-corrected chi connectivity index (χ0v) is 9.66. The van der Waals surface area contributed by atoms with Crippen LogP contribution < -0.4 is 5.32 Å². The first-order valence-corrected chi connectivity index (χ1v) is 5.15. The van der Waals surface area contributed by atoms with Crippen LogP contribution in [0.2, 0.25) is 0 Å². The van der Waals surface area contributed by atoms with E-state index >= 15 is 0 Å². The van der Waals surface area contributed by atoms with Crippen molar-refractivity contribution in [3.63, 3.8) is 0 Å². The maximum absolute atomic E-state index is 3.87. The molecule has 0 spiro atoms. The average molecular weight is 211 g/mol. The molecule has 1 rings (SSSR count). The minimum Gasteiger partial charge on any atom is -0.363 e. The smallest absolute Gasteiger partial charge is 0.0309 e. The van der Waals surface area contributed by atoms with E-state index < -0.39 is 0 Å². The predicted molar refractivity (Wildman–Crippen MR) is 72.7 cm³/mol. The summed E-state index contributed by atoms with van der Waals surface area (Å²) >= 11 is 0. The van der Waals surface area contributed by atoms with Gasteiger partial charge in [-0.2, -0.15) is 0 Å². The third kappa shape index (κ3) is 3.28. The summed E-state index contributed by atoms with van der Waals surface area (Å²) in [5.41, 5.74) is 4.27. The lowest BCUT2D eigenvalue weighted by Gasteiger charge is -2.05. The summed E-state index contributed by atoms with van der Waals surface area (Å²) in [6.45, 7) is 13.3. The van der Waals surface area contributed by atoms with Crippen molar-refractivity contribution in [2.45, 2.75) is 6.92 Å². The Kier molecular flexibility index (Phi) is 4.34. The van der Waals surface area contributed by atoms with Crippen LogP contribution in [0.15, 0.2) is 62.0 Å². The molecule has 0 aliphatic heterocycles. The molecule has 1 aromatic carbocycles. The highest BCUT2D eigenvalue weighted by Gasteiger charge is 1.96. The molecule has 82 valence electrons. The molecule has 0 unspecified atom stereocenters. The molecule has 0 aliphatic carbocycles. The second-order valence-electron chi connectivity index (χ2n) is 3.53. The van der Waals surface area contributed by atoms with Gasteiger partial charge in [0.1, 0.15) is 0 Å². The normalized spacial score (nSPS) is 10.7. The molecule has 1 N–H and O–H groups in total. The van der Waals surface area contributed by atoms with Crippen molar-refractivity contribution < 1.29 is 0 Å². The van der Waals surface area contributed by atoms with Gasteiger partial charge in [-0.05, 0) is 42.0 Å². The van der Waals surface area contributed by atoms with E-state index in [1.807, 2.05) is 24.3 Å². The molecule has 0 saturated carbocycles. The highest BCUT2D eigenvalue weighted by Crippen LogP contribution is 2.17. The molecular formula is C15H17N. The Morgan fingerprint density at radius 3 is 2.69 bits per heavy atom. The van der Waals surface area contributed by atoms with E-state index in [2.05, 4.69) is 44.1 Å². The lowest BCUT2D eigenvalue weighted by Crippen LogP contribution is -1.99. The van der Waals surface area contributed by atoms with Gasteiger partial charge < -0.3 is 5.32 Å². The van der Waals surface area contributed by atoms with Crippen molar-refractivity contribution in [2.75, 3.05) is 0 Å². The molecule has 1 nitrogen and oxygen atoms in total. The Bertz CT molecular complexity index is 439. The zero-order chi connectivity index (χ0) is 12.0. The highest BCUT2D eigenvalue weighted by atomic mass is 14.8. The van der Waals surface area contributed by atoms with E-state index in [0.29, 0.717) is 0 Å². The summed E-state index contributed by atoms with van der Waals surface area (Å²) in [7, 11) is 0. The van der Waals surface area contributed by atoms with E-state index in [4.69, 9.17) is 0 Å². The van der Waals surface area contributed by atoms with Crippen LogP contribution in [0.5, 0.6) is 0 Å². The third-order valence-electron chi connectivity index (χ3n) is 2.26. The molecule has 0 amide bonds. The molecule has 1 heteroatoms. The second kappa shape index (κ2) is 5.76. The van der Waals surface area contributed by atoms with Gasteiger partial charge in [0.05, 0.1) is 0 Å². The number of rotatable bonds is 5. The maximum Gasteiger partial charge on any atom is 0.0309 e. The lowest BCUT2D eigenvalue weighted by molar-refractivity contribution is 1.13. The Balaban J connectivity index is 2.94. The summed E-state index contributed by atoms with van der Waals surface area (Å²) in [4.78, 5) is 0. The largest absolute Gasteiger partial charge is 0.363 e. The number of nitrogens with one attached hydrogen (secondary N) is 1. The van der Waals surface area contributed by atoms with Crippen LogP contribution in [-0.2, 0) is 0 Å². The number of hydrogen-bond acceptors (Lipinski definition) is 1. The molecule has 0 saturated heterocycles. The average Bonchev–Trinajstić information content (AvgIpc) is 2.29. The number of hydrogen-bond donors (Lipinski definition) is 1. The Morgan fingerprint density at radius 2 is 2.06 bits per heavy atom. The number of benzene rings is 1. The highest BCUT2D eigenvalue weighted by molar-refractivity contribution is 5.68. The van der Waals surface area contributed by atoms with E-state index in [0.717, 1.165) is 16.8 Å². The lowest BCUT2D eigenvalue weighted by atomic mass is 10.0. The van der Waals surface area contributed by atoms with Gasteiger partial charge in [0.2, 0.25) is 0 Å². The topological polar surface area (TPSA) is 12.0 Å². The van der Waals surface area contributed by atoms with Crippen LogP contribution in [0.3, 0.4) is 0 Å². The minimum atomic E-state index is 0.830. The summed E-state index contributed by atoms with van der Waals surface area (Å²) in [6.07, 6.45) is 5.45. The first-order chi connectivity index (χ1) is 7.67. The van der Waals surface area contributed by atoms with E-state index in [9.17, 15) is 0 Å². The van der Waals surface area contributed by atoms with E-state index in [-0.39, 0.29) is 0 Å². The van der Waals surface area contributed by atoms with Crippen LogP contribution in [0.25, 0.3) is 11.6 Å². The van der Waals surface area contributed by atoms with Crippen molar-refractivity contribution in [3.8, 4) is 0 Å². The first-order valence-electron chi connectivity index (χ1n) is 5.15. The molecule has 0 aromatic heterocycles. The van der Waals surface area contributed by atoms with Gasteiger partial charge in [-0.15, -0.1) is 0 Å². The van der Waals surface area contributed by atoms with E-state index in [1.54, 1.807) is 6.20 Å². The molecule has 1 aromatic rings. The fraction of sp³-hybridized carbons (Fsp3) is 0.0667. The van der Waals surface area contributed by atoms with Gasteiger partial charge in [-0.1, -0.05) is 44.0 Å². The van der Waals surface area contributed by atoms with Crippen molar-refractivity contribution in [1.82, 2.24) is 5.32 Å². The Morgan fingerprint density at radius 1 is 1.31 bits per heavy atom. The Labute approximate surface area is 97.5 Å². The van der Waals surface area contributed by atoms with Gasteiger partial charge in [-0.25, -0.2) is 0 Å². The molecule has 0 heterocycles. The molecule has 0 bridgehead atoms. The van der Waals surface area contributed by atoms with Crippen LogP contribution in [0, 0.1) is 0 Å². The fourth-order valence-electron chi connectivity index (χ4n) is 1.43. The maximum atomic E-state index is 3.87. The van der Waals surface area contributed by atoms with Crippen molar-refractivity contribution in [3.05, 3.63) is 73.1 Å². The second-order valence-corrected chi connectivity index (χ2v) is 3.53. The number of allylic oxidation sites excluding steroid dienone is 2. The predicted octanol–water partition coefficient (Wildman–Crippen LogP) is 3.98. The summed E-state index contributed by atoms with van der Waals surface area (Å²) in [5, 5.41) is 2.95. The van der Waals surface area contributed by atoms with Gasteiger partial charge in [0.25, 0.3) is 0 Å². The van der Waals surface area contributed by atoms with Crippen molar-refractivity contribution >= 4 is 11.6 Å². The van der Waals surface area contributed by atoms with Gasteiger partial charge in [0, 0.05) is 5.70 Å². The molecule has 0 radical (unpaired) electrons. The quantitative estimate of drug-likeness (QED) is 0.726. The van der Waals surface area contributed by atoms with Crippen LogP contribution >= 0.6 is 0 Å².